The average Bonchev–Trinajstić information content (AvgIpc) is 2.93. The smallest absolute Gasteiger partial charge is 0.257 e. The molecule has 4 aromatic rings. The molecule has 0 aromatic heterocycles. The van der Waals surface area contributed by atoms with Gasteiger partial charge >= 0.3 is 0 Å². The van der Waals surface area contributed by atoms with E-state index in [0.717, 1.165) is 30.7 Å². The van der Waals surface area contributed by atoms with Gasteiger partial charge in [0.25, 0.3) is 5.91 Å². The van der Waals surface area contributed by atoms with Crippen molar-refractivity contribution >= 4 is 28.9 Å². The van der Waals surface area contributed by atoms with Crippen molar-refractivity contribution in [2.24, 2.45) is 0 Å². The van der Waals surface area contributed by atoms with Crippen LogP contribution in [0.1, 0.15) is 27.9 Å². The van der Waals surface area contributed by atoms with Crippen LogP contribution in [0.5, 0.6) is 11.5 Å². The van der Waals surface area contributed by atoms with Gasteiger partial charge in [-0.1, -0.05) is 72.8 Å². The lowest BCUT2D eigenvalue weighted by atomic mass is 10.1. The summed E-state index contributed by atoms with van der Waals surface area (Å²) in [6.45, 7) is 1.14. The highest BCUT2D eigenvalue weighted by Gasteiger charge is 2.10. The van der Waals surface area contributed by atoms with Crippen LogP contribution in [0.15, 0.2) is 109 Å². The highest BCUT2D eigenvalue weighted by Crippen LogP contribution is 2.18. The average molecular weight is 511 g/mol. The summed E-state index contributed by atoms with van der Waals surface area (Å²) in [6, 6.07) is 35.1. The number of hydrogen-bond acceptors (Lipinski definition) is 4. The van der Waals surface area contributed by atoms with Gasteiger partial charge in [0.05, 0.1) is 13.2 Å². The van der Waals surface area contributed by atoms with Gasteiger partial charge in [-0.25, -0.2) is 0 Å². The summed E-state index contributed by atoms with van der Waals surface area (Å²) in [5, 5.41) is 5.99. The summed E-state index contributed by atoms with van der Waals surface area (Å²) in [5.41, 5.74) is 3.71. The van der Waals surface area contributed by atoms with E-state index in [-0.39, 0.29) is 11.0 Å². The van der Waals surface area contributed by atoms with Gasteiger partial charge < -0.3 is 14.8 Å². The molecule has 0 unspecified atom stereocenters. The van der Waals surface area contributed by atoms with Crippen LogP contribution < -0.4 is 20.1 Å². The van der Waals surface area contributed by atoms with E-state index in [1.807, 2.05) is 66.7 Å². The fraction of sp³-hybridized carbons (Fsp3) is 0.161. The molecule has 4 aromatic carbocycles. The van der Waals surface area contributed by atoms with Gasteiger partial charge in [0.15, 0.2) is 5.11 Å². The molecule has 0 aliphatic heterocycles. The lowest BCUT2D eigenvalue weighted by molar-refractivity contribution is 0.0977. The maximum Gasteiger partial charge on any atom is 0.257 e. The van der Waals surface area contributed by atoms with Gasteiger partial charge in [-0.3, -0.25) is 10.1 Å². The molecule has 0 heterocycles. The molecule has 6 heteroatoms. The van der Waals surface area contributed by atoms with Crippen LogP contribution in [0, 0.1) is 0 Å². The van der Waals surface area contributed by atoms with Crippen molar-refractivity contribution in [3.63, 3.8) is 0 Å². The van der Waals surface area contributed by atoms with E-state index in [4.69, 9.17) is 21.7 Å². The maximum absolute atomic E-state index is 12.7. The minimum Gasteiger partial charge on any atom is -0.494 e. The zero-order chi connectivity index (χ0) is 25.7. The Kier molecular flexibility index (Phi) is 9.67. The Labute approximate surface area is 223 Å². The molecular weight excluding hydrogens is 480 g/mol. The minimum absolute atomic E-state index is 0.210. The summed E-state index contributed by atoms with van der Waals surface area (Å²) < 4.78 is 11.7. The molecule has 0 bridgehead atoms. The van der Waals surface area contributed by atoms with Gasteiger partial charge in [-0.05, 0) is 66.5 Å². The van der Waals surface area contributed by atoms with Crippen molar-refractivity contribution in [2.75, 3.05) is 18.5 Å². The largest absolute Gasteiger partial charge is 0.494 e. The Morgan fingerprint density at radius 3 is 2.03 bits per heavy atom. The maximum atomic E-state index is 12.7. The Bertz CT molecular complexity index is 1300. The van der Waals surface area contributed by atoms with Gasteiger partial charge in [0.2, 0.25) is 0 Å². The normalized spacial score (nSPS) is 10.4. The molecule has 2 N–H and O–H groups in total. The predicted octanol–water partition coefficient (Wildman–Crippen LogP) is 6.45. The molecule has 0 atom stereocenters. The van der Waals surface area contributed by atoms with Gasteiger partial charge in [-0.2, -0.15) is 0 Å². The van der Waals surface area contributed by atoms with Crippen molar-refractivity contribution in [3.8, 4) is 11.5 Å². The number of carbonyl (C=O) groups is 1. The van der Waals surface area contributed by atoms with Gasteiger partial charge in [-0.15, -0.1) is 0 Å². The molecular formula is C31H30N2O3S. The molecule has 188 valence electrons. The first-order valence-corrected chi connectivity index (χ1v) is 12.7. The van der Waals surface area contributed by atoms with Crippen LogP contribution in [0.4, 0.5) is 5.69 Å². The number of nitrogens with one attached hydrogen (secondary N) is 2. The Balaban J connectivity index is 1.22. The molecule has 0 aliphatic carbocycles. The number of hydrogen-bond donors (Lipinski definition) is 2. The lowest BCUT2D eigenvalue weighted by Crippen LogP contribution is -2.34. The molecule has 0 aliphatic rings. The Hall–Kier alpha value is -4.16. The van der Waals surface area contributed by atoms with Gasteiger partial charge in [0.1, 0.15) is 11.5 Å². The number of anilines is 1. The first kappa shape index (κ1) is 25.9. The molecule has 5 nitrogen and oxygen atoms in total. The molecule has 0 radical (unpaired) electrons. The fourth-order valence-corrected chi connectivity index (χ4v) is 3.98. The van der Waals surface area contributed by atoms with Crippen LogP contribution in [0.2, 0.25) is 0 Å². The fourth-order valence-electron chi connectivity index (χ4n) is 3.77. The molecule has 37 heavy (non-hydrogen) atoms. The monoisotopic (exact) mass is 510 g/mol. The van der Waals surface area contributed by atoms with Crippen molar-refractivity contribution in [3.05, 3.63) is 126 Å². The quantitative estimate of drug-likeness (QED) is 0.179. The third kappa shape index (κ3) is 8.78. The number of benzene rings is 4. The minimum atomic E-state index is -0.306. The van der Waals surface area contributed by atoms with Crippen molar-refractivity contribution in [2.45, 2.75) is 19.3 Å². The van der Waals surface area contributed by atoms with Crippen LogP contribution in [-0.2, 0) is 12.8 Å². The predicted molar refractivity (Wildman–Crippen MR) is 152 cm³/mol. The summed E-state index contributed by atoms with van der Waals surface area (Å²) in [5.74, 6) is 1.08. The molecule has 0 fully saturated rings. The molecule has 1 amide bonds. The Morgan fingerprint density at radius 2 is 1.30 bits per heavy atom. The molecule has 0 saturated heterocycles. The summed E-state index contributed by atoms with van der Waals surface area (Å²) in [4.78, 5) is 12.7. The number of thiocarbonyl (C=S) groups is 1. The third-order valence-corrected chi connectivity index (χ3v) is 5.84. The van der Waals surface area contributed by atoms with Crippen LogP contribution in [0.25, 0.3) is 0 Å². The second-order valence-electron chi connectivity index (χ2n) is 8.49. The van der Waals surface area contributed by atoms with Crippen LogP contribution in [0.3, 0.4) is 0 Å². The third-order valence-electron chi connectivity index (χ3n) is 5.64. The number of ether oxygens (including phenoxy) is 2. The standard InChI is InChI=1S/C31H30N2O3S/c34-30(26-15-7-17-28(22-26)36-21-19-25-12-5-2-6-13-25)33-31(37)32-27-16-8-18-29(23-27)35-20-9-14-24-10-3-1-4-11-24/h1-8,10-13,15-18,22-23H,9,14,19-21H2,(H2,32,33,34,37). The first-order valence-electron chi connectivity index (χ1n) is 12.3. The van der Waals surface area contributed by atoms with Crippen molar-refractivity contribution in [1.29, 1.82) is 0 Å². The van der Waals surface area contributed by atoms with E-state index in [9.17, 15) is 4.79 Å². The highest BCUT2D eigenvalue weighted by molar-refractivity contribution is 7.80. The number of rotatable bonds is 11. The van der Waals surface area contributed by atoms with E-state index < -0.39 is 0 Å². The van der Waals surface area contributed by atoms with E-state index in [0.29, 0.717) is 24.5 Å². The van der Waals surface area contributed by atoms with E-state index >= 15 is 0 Å². The number of carbonyl (C=O) groups excluding carboxylic acids is 1. The van der Waals surface area contributed by atoms with E-state index in [2.05, 4.69) is 34.9 Å². The SMILES string of the molecule is O=C(NC(=S)Nc1cccc(OCCCc2ccccc2)c1)c1cccc(OCCc2ccccc2)c1. The summed E-state index contributed by atoms with van der Waals surface area (Å²) in [6.07, 6.45) is 2.68. The number of aryl methyl sites for hydroxylation is 1. The molecule has 0 saturated carbocycles. The number of amides is 1. The summed E-state index contributed by atoms with van der Waals surface area (Å²) >= 11 is 5.36. The van der Waals surface area contributed by atoms with Crippen molar-refractivity contribution < 1.29 is 14.3 Å². The topological polar surface area (TPSA) is 59.6 Å². The Morgan fingerprint density at radius 1 is 0.676 bits per heavy atom. The highest BCUT2D eigenvalue weighted by atomic mass is 32.1. The zero-order valence-corrected chi connectivity index (χ0v) is 21.4. The van der Waals surface area contributed by atoms with Gasteiger partial charge in [0, 0.05) is 23.7 Å². The second kappa shape index (κ2) is 13.8. The lowest BCUT2D eigenvalue weighted by Gasteiger charge is -2.12. The molecule has 0 spiro atoms. The van der Waals surface area contributed by atoms with E-state index in [1.54, 1.807) is 18.2 Å². The second-order valence-corrected chi connectivity index (χ2v) is 8.89. The van der Waals surface area contributed by atoms with Crippen molar-refractivity contribution in [1.82, 2.24) is 5.32 Å². The van der Waals surface area contributed by atoms with Crippen LogP contribution in [-0.4, -0.2) is 24.2 Å². The van der Waals surface area contributed by atoms with Crippen LogP contribution >= 0.6 is 12.2 Å². The first-order chi connectivity index (χ1) is 18.2. The summed E-state index contributed by atoms with van der Waals surface area (Å²) in [7, 11) is 0. The van der Waals surface area contributed by atoms with E-state index in [1.165, 1.54) is 11.1 Å². The molecule has 4 rings (SSSR count). The zero-order valence-electron chi connectivity index (χ0n) is 20.6.